The van der Waals surface area contributed by atoms with Crippen LogP contribution in [0.15, 0.2) is 41.8 Å². The molecule has 0 saturated carbocycles. The molecule has 0 aliphatic carbocycles. The molecule has 1 aromatic heterocycles. The van der Waals surface area contributed by atoms with E-state index in [-0.39, 0.29) is 17.5 Å². The molecule has 1 fully saturated rings. The van der Waals surface area contributed by atoms with Gasteiger partial charge in [0.1, 0.15) is 6.54 Å². The zero-order valence-electron chi connectivity index (χ0n) is 14.2. The number of aromatic nitrogens is 2. The molecule has 1 amide bonds. The fraction of sp³-hybridized carbons (Fsp3) is 0.412. The number of hydrogen-bond donors (Lipinski definition) is 0. The first kappa shape index (κ1) is 17.0. The van der Waals surface area contributed by atoms with Gasteiger partial charge >= 0.3 is 0 Å². The Bertz CT molecular complexity index is 918. The molecular formula is C17H20N4O4S. The summed E-state index contributed by atoms with van der Waals surface area (Å²) in [4.78, 5) is 18.1. The van der Waals surface area contributed by atoms with Crippen LogP contribution in [0.1, 0.15) is 5.56 Å². The van der Waals surface area contributed by atoms with E-state index in [4.69, 9.17) is 4.74 Å². The predicted octanol–water partition coefficient (Wildman–Crippen LogP) is 0.493. The van der Waals surface area contributed by atoms with Crippen molar-refractivity contribution in [3.63, 3.8) is 0 Å². The van der Waals surface area contributed by atoms with Gasteiger partial charge in [0.15, 0.2) is 5.03 Å². The first-order valence-electron chi connectivity index (χ1n) is 8.53. The summed E-state index contributed by atoms with van der Waals surface area (Å²) in [6, 6.07) is 7.47. The molecule has 2 aliphatic heterocycles. The average Bonchev–Trinajstić information content (AvgIpc) is 3.30. The molecule has 0 N–H and O–H groups in total. The standard InChI is InChI=1S/C17H20N4O4S/c22-17(20-7-9-25-10-8-20)12-19-11-16(18-13-19)26(23,24)21-6-5-14-3-1-2-4-15(14)21/h1-4,11,13H,5-10,12H2. The highest BCUT2D eigenvalue weighted by Crippen LogP contribution is 2.32. The normalized spacial score (nSPS) is 17.4. The number of benzene rings is 1. The summed E-state index contributed by atoms with van der Waals surface area (Å²) in [7, 11) is -3.74. The van der Waals surface area contributed by atoms with Crippen LogP contribution in [-0.2, 0) is 32.5 Å². The van der Waals surface area contributed by atoms with E-state index in [2.05, 4.69) is 4.98 Å². The molecule has 3 heterocycles. The van der Waals surface area contributed by atoms with Crippen molar-refractivity contribution in [1.82, 2.24) is 14.5 Å². The smallest absolute Gasteiger partial charge is 0.283 e. The largest absolute Gasteiger partial charge is 0.378 e. The molecule has 4 rings (SSSR count). The van der Waals surface area contributed by atoms with Gasteiger partial charge in [0.05, 0.1) is 25.2 Å². The number of morpholine rings is 1. The molecule has 8 nitrogen and oxygen atoms in total. The minimum atomic E-state index is -3.74. The monoisotopic (exact) mass is 376 g/mol. The van der Waals surface area contributed by atoms with Crippen LogP contribution in [-0.4, -0.2) is 61.6 Å². The van der Waals surface area contributed by atoms with Gasteiger partial charge in [0, 0.05) is 25.8 Å². The summed E-state index contributed by atoms with van der Waals surface area (Å²) < 4.78 is 34.0. The Kier molecular flexibility index (Phi) is 4.41. The van der Waals surface area contributed by atoms with Gasteiger partial charge in [-0.25, -0.2) is 4.98 Å². The van der Waals surface area contributed by atoms with Crippen LogP contribution in [0.25, 0.3) is 0 Å². The van der Waals surface area contributed by atoms with E-state index in [9.17, 15) is 13.2 Å². The quantitative estimate of drug-likeness (QED) is 0.776. The number of nitrogens with zero attached hydrogens (tertiary/aromatic N) is 4. The third kappa shape index (κ3) is 3.08. The summed E-state index contributed by atoms with van der Waals surface area (Å²) >= 11 is 0. The number of anilines is 1. The van der Waals surface area contributed by atoms with Crippen molar-refractivity contribution in [1.29, 1.82) is 0 Å². The van der Waals surface area contributed by atoms with Gasteiger partial charge in [0.25, 0.3) is 10.0 Å². The summed E-state index contributed by atoms with van der Waals surface area (Å²) in [6.45, 7) is 2.65. The number of carbonyl (C=O) groups excluding carboxylic acids is 1. The summed E-state index contributed by atoms with van der Waals surface area (Å²) in [6.07, 6.45) is 3.51. The van der Waals surface area contributed by atoms with Gasteiger partial charge in [-0.3, -0.25) is 9.10 Å². The van der Waals surface area contributed by atoms with Crippen LogP contribution < -0.4 is 4.31 Å². The molecular weight excluding hydrogens is 356 g/mol. The second-order valence-corrected chi connectivity index (χ2v) is 8.14. The Morgan fingerprint density at radius 2 is 1.92 bits per heavy atom. The molecule has 1 saturated heterocycles. The van der Waals surface area contributed by atoms with Crippen molar-refractivity contribution >= 4 is 21.6 Å². The van der Waals surface area contributed by atoms with E-state index in [1.165, 1.54) is 21.4 Å². The zero-order chi connectivity index (χ0) is 18.1. The number of rotatable bonds is 4. The number of fused-ring (bicyclic) bond motifs is 1. The van der Waals surface area contributed by atoms with Gasteiger partial charge in [-0.1, -0.05) is 18.2 Å². The fourth-order valence-electron chi connectivity index (χ4n) is 3.30. The lowest BCUT2D eigenvalue weighted by Crippen LogP contribution is -2.42. The molecule has 0 spiro atoms. The van der Waals surface area contributed by atoms with Crippen LogP contribution >= 0.6 is 0 Å². The van der Waals surface area contributed by atoms with Gasteiger partial charge < -0.3 is 14.2 Å². The van der Waals surface area contributed by atoms with E-state index in [1.54, 1.807) is 11.0 Å². The second-order valence-electron chi connectivity index (χ2n) is 6.33. The Morgan fingerprint density at radius 1 is 1.15 bits per heavy atom. The summed E-state index contributed by atoms with van der Waals surface area (Å²) in [5.74, 6) is -0.0684. The predicted molar refractivity (Wildman–Crippen MR) is 94.3 cm³/mol. The molecule has 0 radical (unpaired) electrons. The Labute approximate surface area is 152 Å². The highest BCUT2D eigenvalue weighted by molar-refractivity contribution is 7.92. The number of para-hydroxylation sites is 1. The van der Waals surface area contributed by atoms with Crippen molar-refractivity contribution in [3.05, 3.63) is 42.4 Å². The minimum absolute atomic E-state index is 0.0380. The highest BCUT2D eigenvalue weighted by Gasteiger charge is 2.32. The summed E-state index contributed by atoms with van der Waals surface area (Å²) in [5, 5.41) is -0.0380. The topological polar surface area (TPSA) is 84.7 Å². The first-order chi connectivity index (χ1) is 12.6. The van der Waals surface area contributed by atoms with E-state index >= 15 is 0 Å². The lowest BCUT2D eigenvalue weighted by atomic mass is 10.2. The molecule has 138 valence electrons. The molecule has 0 bridgehead atoms. The van der Waals surface area contributed by atoms with Crippen LogP contribution in [0, 0.1) is 0 Å². The maximum Gasteiger partial charge on any atom is 0.283 e. The van der Waals surface area contributed by atoms with E-state index in [1.807, 2.05) is 18.2 Å². The molecule has 26 heavy (non-hydrogen) atoms. The molecule has 0 atom stereocenters. The van der Waals surface area contributed by atoms with Crippen molar-refractivity contribution in [2.45, 2.75) is 18.0 Å². The van der Waals surface area contributed by atoms with Crippen LogP contribution in [0.3, 0.4) is 0 Å². The number of carbonyl (C=O) groups is 1. The molecule has 9 heteroatoms. The third-order valence-electron chi connectivity index (χ3n) is 4.69. The Balaban J connectivity index is 1.51. The highest BCUT2D eigenvalue weighted by atomic mass is 32.2. The Morgan fingerprint density at radius 3 is 2.73 bits per heavy atom. The van der Waals surface area contributed by atoms with Crippen molar-refractivity contribution in [3.8, 4) is 0 Å². The van der Waals surface area contributed by atoms with E-state index < -0.39 is 10.0 Å². The molecule has 1 aromatic carbocycles. The maximum absolute atomic E-state index is 12.9. The molecule has 2 aliphatic rings. The maximum atomic E-state index is 12.9. The lowest BCUT2D eigenvalue weighted by Gasteiger charge is -2.26. The Hall–Kier alpha value is -2.39. The van der Waals surface area contributed by atoms with Gasteiger partial charge in [-0.2, -0.15) is 8.42 Å². The van der Waals surface area contributed by atoms with E-state index in [0.717, 1.165) is 5.56 Å². The van der Waals surface area contributed by atoms with Crippen molar-refractivity contribution in [2.24, 2.45) is 0 Å². The van der Waals surface area contributed by atoms with Gasteiger partial charge in [-0.05, 0) is 18.1 Å². The van der Waals surface area contributed by atoms with Crippen molar-refractivity contribution in [2.75, 3.05) is 37.2 Å². The summed E-state index contributed by atoms with van der Waals surface area (Å²) in [5.41, 5.74) is 1.71. The first-order valence-corrected chi connectivity index (χ1v) is 9.98. The van der Waals surface area contributed by atoms with Gasteiger partial charge in [-0.15, -0.1) is 0 Å². The number of ether oxygens (including phenoxy) is 1. The number of imidazole rings is 1. The van der Waals surface area contributed by atoms with Crippen LogP contribution in [0.5, 0.6) is 0 Å². The third-order valence-corrected chi connectivity index (χ3v) is 6.39. The minimum Gasteiger partial charge on any atom is -0.378 e. The van der Waals surface area contributed by atoms with Crippen LogP contribution in [0.4, 0.5) is 5.69 Å². The fourth-order valence-corrected chi connectivity index (χ4v) is 4.74. The SMILES string of the molecule is O=C(Cn1cnc(S(=O)(=O)N2CCc3ccccc32)c1)N1CCOCC1. The van der Waals surface area contributed by atoms with E-state index in [0.29, 0.717) is 45.0 Å². The van der Waals surface area contributed by atoms with Gasteiger partial charge in [0.2, 0.25) is 5.91 Å². The number of sulfonamides is 1. The van der Waals surface area contributed by atoms with Crippen LogP contribution in [0.2, 0.25) is 0 Å². The molecule has 0 unspecified atom stereocenters. The molecule has 2 aromatic rings. The zero-order valence-corrected chi connectivity index (χ0v) is 15.1. The lowest BCUT2D eigenvalue weighted by molar-refractivity contribution is -0.135. The number of amides is 1. The average molecular weight is 376 g/mol. The second kappa shape index (κ2) is 6.73. The number of hydrogen-bond acceptors (Lipinski definition) is 5. The van der Waals surface area contributed by atoms with Crippen molar-refractivity contribution < 1.29 is 17.9 Å².